The van der Waals surface area contributed by atoms with Crippen LogP contribution < -0.4 is 5.32 Å². The Morgan fingerprint density at radius 1 is 1.23 bits per heavy atom. The number of rotatable bonds is 5. The number of aliphatic hydroxyl groups is 1. The number of hydrogen-bond donors (Lipinski definition) is 2. The molecule has 0 aromatic carbocycles. The molecule has 2 heterocycles. The van der Waals surface area contributed by atoms with Crippen LogP contribution >= 0.6 is 11.8 Å². The summed E-state index contributed by atoms with van der Waals surface area (Å²) < 4.78 is 5.46. The Labute approximate surface area is 137 Å². The molecule has 3 aliphatic rings. The summed E-state index contributed by atoms with van der Waals surface area (Å²) in [6, 6.07) is 0. The highest BCUT2D eigenvalue weighted by Gasteiger charge is 2.42. The Bertz CT molecular complexity index is 387. The molecule has 2 saturated heterocycles. The molecule has 126 valence electrons. The highest BCUT2D eigenvalue weighted by molar-refractivity contribution is 7.99. The van der Waals surface area contributed by atoms with Gasteiger partial charge in [0.2, 0.25) is 5.91 Å². The van der Waals surface area contributed by atoms with Gasteiger partial charge < -0.3 is 15.2 Å². The average Bonchev–Trinajstić information content (AvgIpc) is 3.17. The van der Waals surface area contributed by atoms with Crippen LogP contribution in [0.3, 0.4) is 0 Å². The molecule has 3 fully saturated rings. The molecule has 0 bridgehead atoms. The van der Waals surface area contributed by atoms with Crippen molar-refractivity contribution in [2.45, 2.75) is 49.7 Å². The number of amides is 1. The smallest absolute Gasteiger partial charge is 0.221 e. The minimum absolute atomic E-state index is 0.0287. The van der Waals surface area contributed by atoms with E-state index < -0.39 is 5.60 Å². The van der Waals surface area contributed by atoms with E-state index in [0.717, 1.165) is 57.1 Å². The van der Waals surface area contributed by atoms with Crippen molar-refractivity contribution in [2.75, 3.05) is 44.4 Å². The zero-order chi connectivity index (χ0) is 15.5. The van der Waals surface area contributed by atoms with Gasteiger partial charge in [-0.05, 0) is 25.0 Å². The summed E-state index contributed by atoms with van der Waals surface area (Å²) in [5.41, 5.74) is -0.664. The second kappa shape index (κ2) is 7.07. The van der Waals surface area contributed by atoms with Gasteiger partial charge in [-0.15, -0.1) is 0 Å². The minimum atomic E-state index is -0.692. The molecule has 22 heavy (non-hydrogen) atoms. The van der Waals surface area contributed by atoms with Crippen molar-refractivity contribution < 1.29 is 14.6 Å². The van der Waals surface area contributed by atoms with Crippen molar-refractivity contribution in [1.82, 2.24) is 10.2 Å². The first-order chi connectivity index (χ1) is 10.6. The standard InChI is InChI=1S/C16H28N2O3S/c19-14(17-12-16(20)5-10-22-13-16)11-15(3-1-2-4-15)18-6-8-21-9-7-18/h20H,1-13H2,(H,17,19)/t16-/m1/s1. The maximum atomic E-state index is 12.5. The van der Waals surface area contributed by atoms with Gasteiger partial charge in [-0.2, -0.15) is 11.8 Å². The third kappa shape index (κ3) is 3.78. The van der Waals surface area contributed by atoms with E-state index in [4.69, 9.17) is 4.74 Å². The third-order valence-corrected chi connectivity index (χ3v) is 6.64. The quantitative estimate of drug-likeness (QED) is 0.789. The SMILES string of the molecule is O=C(CC1(N2CCOCC2)CCCC1)NC[C@]1(O)CCSC1. The molecule has 1 amide bonds. The summed E-state index contributed by atoms with van der Waals surface area (Å²) in [6.07, 6.45) is 6.00. The molecule has 6 heteroatoms. The first kappa shape index (κ1) is 16.6. The molecular formula is C16H28N2O3S. The summed E-state index contributed by atoms with van der Waals surface area (Å²) >= 11 is 1.76. The molecule has 1 atom stereocenters. The summed E-state index contributed by atoms with van der Waals surface area (Å²) in [5, 5.41) is 13.3. The van der Waals surface area contributed by atoms with Crippen molar-refractivity contribution >= 4 is 17.7 Å². The van der Waals surface area contributed by atoms with Crippen molar-refractivity contribution in [3.05, 3.63) is 0 Å². The van der Waals surface area contributed by atoms with Crippen molar-refractivity contribution in [2.24, 2.45) is 0 Å². The zero-order valence-corrected chi connectivity index (χ0v) is 14.1. The summed E-state index contributed by atoms with van der Waals surface area (Å²) in [6.45, 7) is 3.83. The molecule has 1 aliphatic carbocycles. The number of hydrogen-bond acceptors (Lipinski definition) is 5. The van der Waals surface area contributed by atoms with Crippen molar-refractivity contribution in [3.8, 4) is 0 Å². The minimum Gasteiger partial charge on any atom is -0.387 e. The van der Waals surface area contributed by atoms with Gasteiger partial charge in [-0.25, -0.2) is 0 Å². The topological polar surface area (TPSA) is 61.8 Å². The highest BCUT2D eigenvalue weighted by atomic mass is 32.2. The van der Waals surface area contributed by atoms with E-state index in [-0.39, 0.29) is 11.4 Å². The van der Waals surface area contributed by atoms with Crippen LogP contribution in [0.1, 0.15) is 38.5 Å². The van der Waals surface area contributed by atoms with Crippen LogP contribution in [0.25, 0.3) is 0 Å². The predicted octanol–water partition coefficient (Wildman–Crippen LogP) is 1.01. The first-order valence-electron chi connectivity index (χ1n) is 8.52. The summed E-state index contributed by atoms with van der Waals surface area (Å²) in [5.74, 6) is 1.82. The van der Waals surface area contributed by atoms with Gasteiger partial charge in [-0.3, -0.25) is 9.69 Å². The molecular weight excluding hydrogens is 300 g/mol. The van der Waals surface area contributed by atoms with Crippen LogP contribution in [0, 0.1) is 0 Å². The fourth-order valence-corrected chi connectivity index (χ4v) is 5.33. The van der Waals surface area contributed by atoms with Gasteiger partial charge in [0.1, 0.15) is 0 Å². The number of carbonyl (C=O) groups is 1. The molecule has 5 nitrogen and oxygen atoms in total. The van der Waals surface area contributed by atoms with Crippen molar-refractivity contribution in [3.63, 3.8) is 0 Å². The van der Waals surface area contributed by atoms with Gasteiger partial charge in [0, 0.05) is 37.3 Å². The normalized spacial score (nSPS) is 32.2. The molecule has 0 unspecified atom stereocenters. The summed E-state index contributed by atoms with van der Waals surface area (Å²) in [7, 11) is 0. The number of nitrogens with zero attached hydrogens (tertiary/aromatic N) is 1. The Hall–Kier alpha value is -0.300. The lowest BCUT2D eigenvalue weighted by molar-refractivity contribution is -0.126. The fourth-order valence-electron chi connectivity index (χ4n) is 4.04. The second-order valence-electron chi connectivity index (χ2n) is 7.01. The van der Waals surface area contributed by atoms with E-state index in [1.54, 1.807) is 11.8 Å². The van der Waals surface area contributed by atoms with Crippen LogP contribution in [-0.4, -0.2) is 71.4 Å². The van der Waals surface area contributed by atoms with Crippen LogP contribution in [-0.2, 0) is 9.53 Å². The highest BCUT2D eigenvalue weighted by Crippen LogP contribution is 2.38. The van der Waals surface area contributed by atoms with Gasteiger partial charge in [-0.1, -0.05) is 12.8 Å². The number of morpholine rings is 1. The van der Waals surface area contributed by atoms with Gasteiger partial charge >= 0.3 is 0 Å². The maximum absolute atomic E-state index is 12.5. The first-order valence-corrected chi connectivity index (χ1v) is 9.67. The number of thioether (sulfide) groups is 1. The molecule has 2 N–H and O–H groups in total. The number of ether oxygens (including phenoxy) is 1. The van der Waals surface area contributed by atoms with E-state index >= 15 is 0 Å². The number of nitrogens with one attached hydrogen (secondary N) is 1. The van der Waals surface area contributed by atoms with Crippen LogP contribution in [0.5, 0.6) is 0 Å². The van der Waals surface area contributed by atoms with Crippen molar-refractivity contribution in [1.29, 1.82) is 0 Å². The third-order valence-electron chi connectivity index (χ3n) is 5.40. The van der Waals surface area contributed by atoms with E-state index in [0.29, 0.717) is 13.0 Å². The Kier molecular flexibility index (Phi) is 5.32. The Morgan fingerprint density at radius 2 is 1.95 bits per heavy atom. The van der Waals surface area contributed by atoms with Gasteiger partial charge in [0.05, 0.1) is 18.8 Å². The molecule has 0 aromatic rings. The van der Waals surface area contributed by atoms with Crippen LogP contribution in [0.2, 0.25) is 0 Å². The van der Waals surface area contributed by atoms with E-state index in [1.165, 1.54) is 12.8 Å². The molecule has 0 spiro atoms. The largest absolute Gasteiger partial charge is 0.387 e. The van der Waals surface area contributed by atoms with Crippen LogP contribution in [0.4, 0.5) is 0 Å². The molecule has 0 radical (unpaired) electrons. The van der Waals surface area contributed by atoms with E-state index in [2.05, 4.69) is 10.2 Å². The lowest BCUT2D eigenvalue weighted by atomic mass is 9.89. The van der Waals surface area contributed by atoms with E-state index in [9.17, 15) is 9.90 Å². The predicted molar refractivity (Wildman–Crippen MR) is 88.1 cm³/mol. The lowest BCUT2D eigenvalue weighted by Gasteiger charge is -2.43. The Morgan fingerprint density at radius 3 is 2.59 bits per heavy atom. The molecule has 2 aliphatic heterocycles. The lowest BCUT2D eigenvalue weighted by Crippen LogP contribution is -2.54. The Balaban J connectivity index is 1.55. The molecule has 0 aromatic heterocycles. The number of carbonyl (C=O) groups excluding carboxylic acids is 1. The average molecular weight is 328 g/mol. The van der Waals surface area contributed by atoms with Gasteiger partial charge in [0.15, 0.2) is 0 Å². The fraction of sp³-hybridized carbons (Fsp3) is 0.938. The summed E-state index contributed by atoms with van der Waals surface area (Å²) in [4.78, 5) is 14.9. The second-order valence-corrected chi connectivity index (χ2v) is 8.12. The zero-order valence-electron chi connectivity index (χ0n) is 13.3. The molecule has 3 rings (SSSR count). The van der Waals surface area contributed by atoms with E-state index in [1.807, 2.05) is 0 Å². The monoisotopic (exact) mass is 328 g/mol. The maximum Gasteiger partial charge on any atom is 0.221 e. The van der Waals surface area contributed by atoms with Crippen LogP contribution in [0.15, 0.2) is 0 Å². The molecule has 1 saturated carbocycles. The van der Waals surface area contributed by atoms with Gasteiger partial charge in [0.25, 0.3) is 0 Å².